The first-order valence-electron chi connectivity index (χ1n) is 8.36. The van der Waals surface area contributed by atoms with E-state index in [1.54, 1.807) is 29.7 Å². The minimum Gasteiger partial charge on any atom is -0.459 e. The Morgan fingerprint density at radius 1 is 0.741 bits per heavy atom. The van der Waals surface area contributed by atoms with Crippen LogP contribution < -0.4 is 0 Å². The predicted molar refractivity (Wildman–Crippen MR) is 104 cm³/mol. The van der Waals surface area contributed by atoms with Crippen molar-refractivity contribution in [3.8, 4) is 44.9 Å². The first kappa shape index (κ1) is 15.7. The zero-order chi connectivity index (χ0) is 18.1. The molecule has 5 nitrogen and oxygen atoms in total. The Kier molecular flexibility index (Phi) is 3.88. The Morgan fingerprint density at radius 2 is 1.56 bits per heavy atom. The summed E-state index contributed by atoms with van der Waals surface area (Å²) in [6.45, 7) is 0. The smallest absolute Gasteiger partial charge is 0.293 e. The van der Waals surface area contributed by atoms with Gasteiger partial charge in [-0.2, -0.15) is 4.98 Å². The summed E-state index contributed by atoms with van der Waals surface area (Å²) in [5.74, 6) is 1.45. The highest BCUT2D eigenvalue weighted by atomic mass is 32.1. The first-order valence-corrected chi connectivity index (χ1v) is 9.24. The average molecular weight is 371 g/mol. The Morgan fingerprint density at radius 3 is 2.33 bits per heavy atom. The van der Waals surface area contributed by atoms with Crippen molar-refractivity contribution >= 4 is 11.3 Å². The third-order valence-corrected chi connectivity index (χ3v) is 5.01. The van der Waals surface area contributed by atoms with Gasteiger partial charge in [-0.05, 0) is 12.1 Å². The van der Waals surface area contributed by atoms with Crippen molar-refractivity contribution in [1.29, 1.82) is 0 Å². The molecular weight excluding hydrogens is 358 g/mol. The monoisotopic (exact) mass is 371 g/mol. The molecule has 0 fully saturated rings. The van der Waals surface area contributed by atoms with Crippen LogP contribution in [0.4, 0.5) is 0 Å². The molecule has 2 aromatic carbocycles. The van der Waals surface area contributed by atoms with Crippen LogP contribution in [0.2, 0.25) is 0 Å². The van der Waals surface area contributed by atoms with Crippen LogP contribution in [0.3, 0.4) is 0 Å². The Labute approximate surface area is 158 Å². The molecule has 5 aromatic rings. The van der Waals surface area contributed by atoms with Gasteiger partial charge >= 0.3 is 0 Å². The van der Waals surface area contributed by atoms with Crippen molar-refractivity contribution in [2.45, 2.75) is 0 Å². The Hall–Kier alpha value is -3.51. The van der Waals surface area contributed by atoms with Gasteiger partial charge in [-0.1, -0.05) is 59.8 Å². The molecule has 0 atom stereocenters. The lowest BCUT2D eigenvalue weighted by atomic mass is 10.1. The van der Waals surface area contributed by atoms with Gasteiger partial charge in [0, 0.05) is 22.1 Å². The minimum absolute atomic E-state index is 0.367. The maximum Gasteiger partial charge on any atom is 0.293 e. The van der Waals surface area contributed by atoms with Crippen molar-refractivity contribution in [2.75, 3.05) is 0 Å². The zero-order valence-electron chi connectivity index (χ0n) is 14.1. The van der Waals surface area contributed by atoms with Crippen LogP contribution >= 0.6 is 11.3 Å². The van der Waals surface area contributed by atoms with Crippen LogP contribution in [0.1, 0.15) is 0 Å². The molecule has 3 heterocycles. The van der Waals surface area contributed by atoms with E-state index in [4.69, 9.17) is 13.9 Å². The van der Waals surface area contributed by atoms with Gasteiger partial charge in [0.15, 0.2) is 5.76 Å². The molecule has 0 N–H and O–H groups in total. The second-order valence-electron chi connectivity index (χ2n) is 5.88. The maximum absolute atomic E-state index is 5.28. The number of nitrogens with zero attached hydrogens (tertiary/aromatic N) is 3. The molecule has 0 unspecified atom stereocenters. The van der Waals surface area contributed by atoms with Crippen LogP contribution in [0.5, 0.6) is 0 Å². The molecule has 5 rings (SSSR count). The van der Waals surface area contributed by atoms with E-state index in [-0.39, 0.29) is 0 Å². The standard InChI is InChI=1S/C21H13N3O2S/c1-2-5-16(6-3-1)21-22-17(13-27-21)14-8-10-15(11-9-14)19-23-20(26-24-19)18-7-4-12-25-18/h1-13H. The van der Waals surface area contributed by atoms with Gasteiger partial charge in [-0.25, -0.2) is 4.98 Å². The van der Waals surface area contributed by atoms with Crippen LogP contribution in [0.15, 0.2) is 87.3 Å². The summed E-state index contributed by atoms with van der Waals surface area (Å²) in [7, 11) is 0. The summed E-state index contributed by atoms with van der Waals surface area (Å²) < 4.78 is 10.5. The van der Waals surface area contributed by atoms with Gasteiger partial charge in [-0.15, -0.1) is 11.3 Å². The highest BCUT2D eigenvalue weighted by Crippen LogP contribution is 2.30. The SMILES string of the molecule is c1ccc(-c2nc(-c3ccc(-c4noc(-c5ccco5)n4)cc3)cs2)cc1. The molecule has 0 saturated carbocycles. The number of hydrogen-bond acceptors (Lipinski definition) is 6. The molecular formula is C21H13N3O2S. The molecule has 0 saturated heterocycles. The molecule has 0 radical (unpaired) electrons. The van der Waals surface area contributed by atoms with Gasteiger partial charge in [0.1, 0.15) is 5.01 Å². The van der Waals surface area contributed by atoms with E-state index in [9.17, 15) is 0 Å². The second kappa shape index (κ2) is 6.66. The topological polar surface area (TPSA) is 65.0 Å². The first-order chi connectivity index (χ1) is 13.4. The van der Waals surface area contributed by atoms with Crippen molar-refractivity contribution in [3.63, 3.8) is 0 Å². The number of thiazole rings is 1. The molecule has 3 aromatic heterocycles. The van der Waals surface area contributed by atoms with E-state index in [0.717, 1.165) is 27.4 Å². The highest BCUT2D eigenvalue weighted by molar-refractivity contribution is 7.13. The molecule has 27 heavy (non-hydrogen) atoms. The lowest BCUT2D eigenvalue weighted by Gasteiger charge is -1.99. The fraction of sp³-hybridized carbons (Fsp3) is 0. The second-order valence-corrected chi connectivity index (χ2v) is 6.74. The highest BCUT2D eigenvalue weighted by Gasteiger charge is 2.13. The molecule has 0 bridgehead atoms. The maximum atomic E-state index is 5.28. The largest absolute Gasteiger partial charge is 0.459 e. The molecule has 0 aliphatic carbocycles. The van der Waals surface area contributed by atoms with E-state index in [0.29, 0.717) is 17.5 Å². The predicted octanol–water partition coefficient (Wildman–Crippen LogP) is 5.79. The summed E-state index contributed by atoms with van der Waals surface area (Å²) in [4.78, 5) is 9.13. The molecule has 6 heteroatoms. The zero-order valence-corrected chi connectivity index (χ0v) is 14.9. The van der Waals surface area contributed by atoms with Gasteiger partial charge in [-0.3, -0.25) is 0 Å². The van der Waals surface area contributed by atoms with Crippen molar-refractivity contribution in [1.82, 2.24) is 15.1 Å². The summed E-state index contributed by atoms with van der Waals surface area (Å²) in [5.41, 5.74) is 4.00. The third-order valence-electron chi connectivity index (χ3n) is 4.12. The molecule has 0 aliphatic heterocycles. The Bertz CT molecular complexity index is 1160. The fourth-order valence-electron chi connectivity index (χ4n) is 2.75. The van der Waals surface area contributed by atoms with E-state index in [2.05, 4.69) is 27.7 Å². The number of aromatic nitrogens is 3. The van der Waals surface area contributed by atoms with Crippen molar-refractivity contribution < 1.29 is 8.94 Å². The van der Waals surface area contributed by atoms with Gasteiger partial charge in [0.25, 0.3) is 5.89 Å². The molecule has 130 valence electrons. The molecule has 0 aliphatic rings. The van der Waals surface area contributed by atoms with Gasteiger partial charge in [0.2, 0.25) is 5.82 Å². The number of furan rings is 1. The summed E-state index contributed by atoms with van der Waals surface area (Å²) in [6.07, 6.45) is 1.57. The lowest BCUT2D eigenvalue weighted by molar-refractivity contribution is 0.417. The van der Waals surface area contributed by atoms with Crippen molar-refractivity contribution in [3.05, 3.63) is 78.4 Å². The van der Waals surface area contributed by atoms with Crippen molar-refractivity contribution in [2.24, 2.45) is 0 Å². The summed E-state index contributed by atoms with van der Waals surface area (Å²) >= 11 is 1.64. The third kappa shape index (κ3) is 3.07. The lowest BCUT2D eigenvalue weighted by Crippen LogP contribution is -1.83. The molecule has 0 amide bonds. The van der Waals surface area contributed by atoms with Crippen LogP contribution in [-0.2, 0) is 0 Å². The number of benzene rings is 2. The van der Waals surface area contributed by atoms with Crippen LogP contribution in [0.25, 0.3) is 44.9 Å². The fourth-order valence-corrected chi connectivity index (χ4v) is 3.59. The van der Waals surface area contributed by atoms with Crippen LogP contribution in [-0.4, -0.2) is 15.1 Å². The Balaban J connectivity index is 1.40. The molecule has 0 spiro atoms. The van der Waals surface area contributed by atoms with E-state index < -0.39 is 0 Å². The normalized spacial score (nSPS) is 11.0. The summed E-state index contributed by atoms with van der Waals surface area (Å²) in [6, 6.07) is 21.7. The van der Waals surface area contributed by atoms with Crippen LogP contribution in [0, 0.1) is 0 Å². The average Bonchev–Trinajstić information content (AvgIpc) is 3.50. The van der Waals surface area contributed by atoms with E-state index in [1.165, 1.54) is 0 Å². The minimum atomic E-state index is 0.367. The van der Waals surface area contributed by atoms with Gasteiger partial charge < -0.3 is 8.94 Å². The van der Waals surface area contributed by atoms with E-state index in [1.807, 2.05) is 42.5 Å². The number of rotatable bonds is 4. The number of hydrogen-bond donors (Lipinski definition) is 0. The summed E-state index contributed by atoms with van der Waals surface area (Å²) in [5, 5.41) is 7.11. The quantitative estimate of drug-likeness (QED) is 0.400. The van der Waals surface area contributed by atoms with Gasteiger partial charge in [0.05, 0.1) is 12.0 Å². The van der Waals surface area contributed by atoms with E-state index >= 15 is 0 Å².